The molecule has 2 amide bonds. The molecule has 0 aliphatic heterocycles. The van der Waals surface area contributed by atoms with E-state index >= 15 is 0 Å². The van der Waals surface area contributed by atoms with Crippen molar-refractivity contribution in [2.75, 3.05) is 0 Å². The average molecular weight is 296 g/mol. The molecular weight excluding hydrogens is 272 g/mol. The summed E-state index contributed by atoms with van der Waals surface area (Å²) < 4.78 is 5.29. The fourth-order valence-electron chi connectivity index (χ4n) is 2.11. The molecule has 2 unspecified atom stereocenters. The molecule has 1 heterocycles. The van der Waals surface area contributed by atoms with Crippen LogP contribution in [0.1, 0.15) is 55.5 Å². The van der Waals surface area contributed by atoms with Gasteiger partial charge in [0.2, 0.25) is 0 Å². The fourth-order valence-corrected chi connectivity index (χ4v) is 2.11. The molecule has 21 heavy (non-hydrogen) atoms. The number of carbonyl (C=O) groups is 2. The zero-order valence-corrected chi connectivity index (χ0v) is 13.0. The number of hydrogen-bond acceptors (Lipinski definition) is 3. The maximum absolute atomic E-state index is 11.7. The van der Waals surface area contributed by atoms with Crippen LogP contribution in [0.15, 0.2) is 10.5 Å². The molecule has 118 valence electrons. The molecule has 6 heteroatoms. The molecule has 6 nitrogen and oxygen atoms in total. The summed E-state index contributed by atoms with van der Waals surface area (Å²) in [5, 5.41) is 14.4. The van der Waals surface area contributed by atoms with Crippen molar-refractivity contribution in [2.45, 2.75) is 53.1 Å². The van der Waals surface area contributed by atoms with Gasteiger partial charge in [0.25, 0.3) is 0 Å². The van der Waals surface area contributed by atoms with Gasteiger partial charge in [0.05, 0.1) is 6.54 Å². The summed E-state index contributed by atoms with van der Waals surface area (Å²) >= 11 is 0. The van der Waals surface area contributed by atoms with Gasteiger partial charge in [-0.1, -0.05) is 20.3 Å². The summed E-state index contributed by atoms with van der Waals surface area (Å²) in [5.74, 6) is 0.291. The van der Waals surface area contributed by atoms with E-state index in [9.17, 15) is 9.59 Å². The van der Waals surface area contributed by atoms with Crippen LogP contribution < -0.4 is 10.6 Å². The Morgan fingerprint density at radius 3 is 2.57 bits per heavy atom. The van der Waals surface area contributed by atoms with Gasteiger partial charge in [-0.05, 0) is 32.3 Å². The van der Waals surface area contributed by atoms with E-state index in [-0.39, 0.29) is 24.2 Å². The van der Waals surface area contributed by atoms with E-state index in [2.05, 4.69) is 24.5 Å². The monoisotopic (exact) mass is 296 g/mol. The van der Waals surface area contributed by atoms with Crippen LogP contribution in [0.25, 0.3) is 0 Å². The Morgan fingerprint density at radius 2 is 2.05 bits per heavy atom. The van der Waals surface area contributed by atoms with Crippen LogP contribution in [0.4, 0.5) is 4.79 Å². The fraction of sp³-hybridized carbons (Fsp3) is 0.600. The van der Waals surface area contributed by atoms with Crippen LogP contribution in [0.5, 0.6) is 0 Å². The number of carboxylic acid groups (broad SMARTS) is 1. The average Bonchev–Trinajstić information content (AvgIpc) is 2.77. The molecule has 0 radical (unpaired) electrons. The summed E-state index contributed by atoms with van der Waals surface area (Å²) in [6.07, 6.45) is 2.00. The van der Waals surface area contributed by atoms with Gasteiger partial charge in [0.15, 0.2) is 0 Å². The van der Waals surface area contributed by atoms with Crippen molar-refractivity contribution in [3.05, 3.63) is 23.2 Å². The molecule has 3 N–H and O–H groups in total. The number of hydrogen-bond donors (Lipinski definition) is 3. The SMILES string of the molecule is CCC(C)CC(C)NC(=O)NCc1cc(C(=O)O)c(C)o1. The lowest BCUT2D eigenvalue weighted by Gasteiger charge is -2.17. The van der Waals surface area contributed by atoms with E-state index in [1.54, 1.807) is 6.92 Å². The summed E-state index contributed by atoms with van der Waals surface area (Å²) in [4.78, 5) is 22.6. The van der Waals surface area contributed by atoms with E-state index in [0.717, 1.165) is 12.8 Å². The van der Waals surface area contributed by atoms with Crippen molar-refractivity contribution in [3.63, 3.8) is 0 Å². The lowest BCUT2D eigenvalue weighted by atomic mass is 10.0. The van der Waals surface area contributed by atoms with Gasteiger partial charge in [0, 0.05) is 6.04 Å². The summed E-state index contributed by atoms with van der Waals surface area (Å²) in [7, 11) is 0. The van der Waals surface area contributed by atoms with Gasteiger partial charge in [-0.3, -0.25) is 0 Å². The van der Waals surface area contributed by atoms with Crippen LogP contribution in [-0.4, -0.2) is 23.1 Å². The van der Waals surface area contributed by atoms with Crippen molar-refractivity contribution in [1.82, 2.24) is 10.6 Å². The number of amides is 2. The molecule has 2 atom stereocenters. The van der Waals surface area contributed by atoms with Crippen molar-refractivity contribution >= 4 is 12.0 Å². The Labute approximate surface area is 124 Å². The lowest BCUT2D eigenvalue weighted by molar-refractivity contribution is 0.0695. The minimum atomic E-state index is -1.03. The Bertz CT molecular complexity index is 496. The van der Waals surface area contributed by atoms with Gasteiger partial charge in [0.1, 0.15) is 17.1 Å². The second-order valence-electron chi connectivity index (χ2n) is 5.46. The van der Waals surface area contributed by atoms with Crippen LogP contribution in [0.3, 0.4) is 0 Å². The first-order valence-corrected chi connectivity index (χ1v) is 7.20. The second-order valence-corrected chi connectivity index (χ2v) is 5.46. The topological polar surface area (TPSA) is 91.6 Å². The van der Waals surface area contributed by atoms with Crippen molar-refractivity contribution < 1.29 is 19.1 Å². The maximum atomic E-state index is 11.7. The molecule has 0 aliphatic carbocycles. The molecule has 0 spiro atoms. The van der Waals surface area contributed by atoms with Gasteiger partial charge in [-0.15, -0.1) is 0 Å². The van der Waals surface area contributed by atoms with Crippen LogP contribution >= 0.6 is 0 Å². The Kier molecular flexibility index (Phi) is 6.27. The zero-order chi connectivity index (χ0) is 16.0. The minimum absolute atomic E-state index is 0.0906. The van der Waals surface area contributed by atoms with E-state index < -0.39 is 5.97 Å². The standard InChI is InChI=1S/C15H24N2O4/c1-5-9(2)6-10(3)17-15(20)16-8-12-7-13(14(18)19)11(4)21-12/h7,9-10H,5-6,8H2,1-4H3,(H,18,19)(H2,16,17,20). The quantitative estimate of drug-likeness (QED) is 0.721. The molecule has 1 aromatic heterocycles. The molecule has 1 aromatic rings. The Balaban J connectivity index is 2.43. The highest BCUT2D eigenvalue weighted by Crippen LogP contribution is 2.14. The smallest absolute Gasteiger partial charge is 0.339 e. The van der Waals surface area contributed by atoms with E-state index in [0.29, 0.717) is 17.4 Å². The van der Waals surface area contributed by atoms with Crippen molar-refractivity contribution in [1.29, 1.82) is 0 Å². The van der Waals surface area contributed by atoms with Gasteiger partial charge in [-0.2, -0.15) is 0 Å². The first kappa shape index (κ1) is 17.1. The molecule has 0 fully saturated rings. The predicted molar refractivity (Wildman–Crippen MR) is 79.3 cm³/mol. The number of aryl methyl sites for hydroxylation is 1. The number of furan rings is 1. The molecule has 0 saturated carbocycles. The van der Waals surface area contributed by atoms with Gasteiger partial charge in [-0.25, -0.2) is 9.59 Å². The van der Waals surface area contributed by atoms with E-state index in [1.165, 1.54) is 6.07 Å². The van der Waals surface area contributed by atoms with Gasteiger partial charge < -0.3 is 20.2 Å². The van der Waals surface area contributed by atoms with Crippen LogP contribution in [0, 0.1) is 12.8 Å². The van der Waals surface area contributed by atoms with E-state index in [1.807, 2.05) is 6.92 Å². The molecule has 1 rings (SSSR count). The molecule has 0 bridgehead atoms. The number of rotatable bonds is 7. The minimum Gasteiger partial charge on any atom is -0.478 e. The number of aromatic carboxylic acids is 1. The molecule has 0 saturated heterocycles. The van der Waals surface area contributed by atoms with Gasteiger partial charge >= 0.3 is 12.0 Å². The first-order valence-electron chi connectivity index (χ1n) is 7.20. The Morgan fingerprint density at radius 1 is 1.38 bits per heavy atom. The van der Waals surface area contributed by atoms with Crippen molar-refractivity contribution in [3.8, 4) is 0 Å². The summed E-state index contributed by atoms with van der Waals surface area (Å²) in [6.45, 7) is 7.98. The number of nitrogens with one attached hydrogen (secondary N) is 2. The largest absolute Gasteiger partial charge is 0.478 e. The normalized spacial score (nSPS) is 13.5. The lowest BCUT2D eigenvalue weighted by Crippen LogP contribution is -2.41. The highest BCUT2D eigenvalue weighted by atomic mass is 16.4. The van der Waals surface area contributed by atoms with Crippen LogP contribution in [0.2, 0.25) is 0 Å². The highest BCUT2D eigenvalue weighted by molar-refractivity contribution is 5.88. The third-order valence-corrected chi connectivity index (χ3v) is 3.45. The summed E-state index contributed by atoms with van der Waals surface area (Å²) in [5.41, 5.74) is 0.123. The zero-order valence-electron chi connectivity index (χ0n) is 13.0. The first-order chi connectivity index (χ1) is 9.83. The number of urea groups is 1. The summed E-state index contributed by atoms with van der Waals surface area (Å²) in [6, 6.07) is 1.24. The molecular formula is C15H24N2O4. The molecule has 0 aliphatic rings. The third-order valence-electron chi connectivity index (χ3n) is 3.45. The van der Waals surface area contributed by atoms with E-state index in [4.69, 9.17) is 9.52 Å². The maximum Gasteiger partial charge on any atom is 0.339 e. The number of carbonyl (C=O) groups excluding carboxylic acids is 1. The van der Waals surface area contributed by atoms with Crippen LogP contribution in [-0.2, 0) is 6.54 Å². The Hall–Kier alpha value is -1.98. The highest BCUT2D eigenvalue weighted by Gasteiger charge is 2.15. The van der Waals surface area contributed by atoms with Crippen molar-refractivity contribution in [2.24, 2.45) is 5.92 Å². The number of carboxylic acids is 1. The predicted octanol–water partition coefficient (Wildman–Crippen LogP) is 2.91. The third kappa shape index (κ3) is 5.49. The molecule has 0 aromatic carbocycles. The second kappa shape index (κ2) is 7.71.